The van der Waals surface area contributed by atoms with Crippen LogP contribution in [0.5, 0.6) is 0 Å². The zero-order valence-corrected chi connectivity index (χ0v) is 13.4. The van der Waals surface area contributed by atoms with Crippen LogP contribution in [0, 0.1) is 0 Å². The average Bonchev–Trinajstić information content (AvgIpc) is 2.79. The first-order valence-corrected chi connectivity index (χ1v) is 7.74. The van der Waals surface area contributed by atoms with Crippen molar-refractivity contribution in [3.8, 4) is 0 Å². The summed E-state index contributed by atoms with van der Waals surface area (Å²) in [6.07, 6.45) is 0.605. The number of β-amino-alcohol motifs (C(OH)–C–C–N with tert-alkyl or cyclic N) is 1. The quantitative estimate of drug-likeness (QED) is 0.811. The number of aliphatic hydroxyl groups is 1. The SMILES string of the molecule is CC1OCCC1(C)NCC(O)COCc1ccc(Cl)cc1. The van der Waals surface area contributed by atoms with E-state index in [2.05, 4.69) is 19.2 Å². The van der Waals surface area contributed by atoms with Gasteiger partial charge in [0.15, 0.2) is 0 Å². The number of nitrogens with one attached hydrogen (secondary N) is 1. The molecule has 5 heteroatoms. The molecule has 0 spiro atoms. The molecule has 3 atom stereocenters. The molecule has 4 nitrogen and oxygen atoms in total. The fraction of sp³-hybridized carbons (Fsp3) is 0.625. The standard InChI is InChI=1S/C16H24ClNO3/c1-12-16(2,7-8-21-12)18-9-15(19)11-20-10-13-3-5-14(17)6-4-13/h3-6,12,15,18-19H,7-11H2,1-2H3. The van der Waals surface area contributed by atoms with Gasteiger partial charge in [0.05, 0.1) is 25.4 Å². The van der Waals surface area contributed by atoms with Crippen molar-refractivity contribution in [3.05, 3.63) is 34.9 Å². The first-order valence-electron chi connectivity index (χ1n) is 7.36. The Balaban J connectivity index is 1.65. The zero-order valence-electron chi connectivity index (χ0n) is 12.6. The molecule has 0 radical (unpaired) electrons. The van der Waals surface area contributed by atoms with E-state index in [4.69, 9.17) is 21.1 Å². The molecule has 1 heterocycles. The maximum Gasteiger partial charge on any atom is 0.0898 e. The number of aliphatic hydroxyl groups excluding tert-OH is 1. The second-order valence-corrected chi connectivity index (χ2v) is 6.29. The third-order valence-electron chi connectivity index (χ3n) is 4.12. The van der Waals surface area contributed by atoms with E-state index < -0.39 is 6.10 Å². The number of ether oxygens (including phenoxy) is 2. The minimum Gasteiger partial charge on any atom is -0.389 e. The smallest absolute Gasteiger partial charge is 0.0898 e. The Morgan fingerprint density at radius 2 is 2.19 bits per heavy atom. The summed E-state index contributed by atoms with van der Waals surface area (Å²) < 4.78 is 11.1. The molecule has 0 aliphatic carbocycles. The average molecular weight is 314 g/mol. The van der Waals surface area contributed by atoms with Crippen molar-refractivity contribution in [2.24, 2.45) is 0 Å². The van der Waals surface area contributed by atoms with Crippen LogP contribution in [-0.4, -0.2) is 42.6 Å². The lowest BCUT2D eigenvalue weighted by Crippen LogP contribution is -2.50. The van der Waals surface area contributed by atoms with Crippen molar-refractivity contribution in [3.63, 3.8) is 0 Å². The van der Waals surface area contributed by atoms with Gasteiger partial charge in [0, 0.05) is 23.7 Å². The Hall–Kier alpha value is -0.650. The van der Waals surface area contributed by atoms with Gasteiger partial charge in [-0.25, -0.2) is 0 Å². The summed E-state index contributed by atoms with van der Waals surface area (Å²) in [6.45, 7) is 6.25. The Labute approximate surface area is 131 Å². The molecule has 2 rings (SSSR count). The molecule has 21 heavy (non-hydrogen) atoms. The monoisotopic (exact) mass is 313 g/mol. The number of benzene rings is 1. The normalized spacial score (nSPS) is 27.0. The summed E-state index contributed by atoms with van der Waals surface area (Å²) in [7, 11) is 0. The van der Waals surface area contributed by atoms with Crippen LogP contribution in [0.3, 0.4) is 0 Å². The molecule has 0 amide bonds. The Morgan fingerprint density at radius 1 is 1.48 bits per heavy atom. The molecule has 2 N–H and O–H groups in total. The van der Waals surface area contributed by atoms with Crippen LogP contribution in [0.1, 0.15) is 25.8 Å². The van der Waals surface area contributed by atoms with E-state index in [-0.39, 0.29) is 11.6 Å². The predicted octanol–water partition coefficient (Wildman–Crippen LogP) is 2.37. The van der Waals surface area contributed by atoms with Gasteiger partial charge in [-0.2, -0.15) is 0 Å². The first-order chi connectivity index (χ1) is 9.99. The van der Waals surface area contributed by atoms with Gasteiger partial charge in [0.2, 0.25) is 0 Å². The molecule has 1 saturated heterocycles. The molecular formula is C16H24ClNO3. The molecule has 1 aromatic rings. The Morgan fingerprint density at radius 3 is 2.81 bits per heavy atom. The highest BCUT2D eigenvalue weighted by atomic mass is 35.5. The van der Waals surface area contributed by atoms with Gasteiger partial charge in [-0.05, 0) is 38.0 Å². The molecule has 1 aromatic carbocycles. The van der Waals surface area contributed by atoms with Gasteiger partial charge in [-0.3, -0.25) is 0 Å². The lowest BCUT2D eigenvalue weighted by atomic mass is 9.94. The summed E-state index contributed by atoms with van der Waals surface area (Å²) in [5, 5.41) is 14.1. The van der Waals surface area contributed by atoms with Crippen LogP contribution < -0.4 is 5.32 Å². The molecule has 3 unspecified atom stereocenters. The van der Waals surface area contributed by atoms with E-state index in [1.165, 1.54) is 0 Å². The van der Waals surface area contributed by atoms with Crippen LogP contribution in [0.2, 0.25) is 5.02 Å². The van der Waals surface area contributed by atoms with Gasteiger partial charge >= 0.3 is 0 Å². The van der Waals surface area contributed by atoms with Crippen molar-refractivity contribution >= 4 is 11.6 Å². The zero-order chi connectivity index (χ0) is 15.3. The van der Waals surface area contributed by atoms with E-state index in [0.717, 1.165) is 18.6 Å². The van der Waals surface area contributed by atoms with Crippen molar-refractivity contribution < 1.29 is 14.6 Å². The molecule has 1 aliphatic heterocycles. The second-order valence-electron chi connectivity index (χ2n) is 5.86. The minimum atomic E-state index is -0.526. The molecule has 1 aliphatic rings. The summed E-state index contributed by atoms with van der Waals surface area (Å²) >= 11 is 5.83. The van der Waals surface area contributed by atoms with E-state index in [9.17, 15) is 5.11 Å². The van der Waals surface area contributed by atoms with Crippen LogP contribution in [0.25, 0.3) is 0 Å². The van der Waals surface area contributed by atoms with Gasteiger partial charge in [0.25, 0.3) is 0 Å². The Bertz CT molecular complexity index is 440. The van der Waals surface area contributed by atoms with Gasteiger partial charge in [-0.15, -0.1) is 0 Å². The molecular weight excluding hydrogens is 290 g/mol. The second kappa shape index (κ2) is 7.56. The molecule has 1 fully saturated rings. The predicted molar refractivity (Wildman–Crippen MR) is 83.6 cm³/mol. The fourth-order valence-corrected chi connectivity index (χ4v) is 2.50. The largest absolute Gasteiger partial charge is 0.389 e. The molecule has 0 aromatic heterocycles. The van der Waals surface area contributed by atoms with E-state index >= 15 is 0 Å². The fourth-order valence-electron chi connectivity index (χ4n) is 2.37. The number of halogens is 1. The summed E-state index contributed by atoms with van der Waals surface area (Å²) in [6, 6.07) is 7.51. The van der Waals surface area contributed by atoms with Crippen molar-refractivity contribution in [2.45, 2.75) is 44.6 Å². The summed E-state index contributed by atoms with van der Waals surface area (Å²) in [4.78, 5) is 0. The van der Waals surface area contributed by atoms with Crippen LogP contribution in [0.4, 0.5) is 0 Å². The third-order valence-corrected chi connectivity index (χ3v) is 4.37. The summed E-state index contributed by atoms with van der Waals surface area (Å²) in [5.41, 5.74) is 0.987. The van der Waals surface area contributed by atoms with E-state index in [1.54, 1.807) is 0 Å². The molecule has 0 bridgehead atoms. The lowest BCUT2D eigenvalue weighted by molar-refractivity contribution is 0.0209. The van der Waals surface area contributed by atoms with E-state index in [0.29, 0.717) is 24.8 Å². The highest BCUT2D eigenvalue weighted by Gasteiger charge is 2.36. The minimum absolute atomic E-state index is 0.0584. The highest BCUT2D eigenvalue weighted by Crippen LogP contribution is 2.24. The maximum atomic E-state index is 9.98. The molecule has 118 valence electrons. The van der Waals surface area contributed by atoms with Gasteiger partial charge in [-0.1, -0.05) is 23.7 Å². The van der Waals surface area contributed by atoms with Gasteiger partial charge in [0.1, 0.15) is 0 Å². The summed E-state index contributed by atoms with van der Waals surface area (Å²) in [5.74, 6) is 0. The van der Waals surface area contributed by atoms with Crippen LogP contribution in [0.15, 0.2) is 24.3 Å². The highest BCUT2D eigenvalue weighted by molar-refractivity contribution is 6.30. The first kappa shape index (κ1) is 16.7. The van der Waals surface area contributed by atoms with Crippen molar-refractivity contribution in [1.29, 1.82) is 0 Å². The number of hydrogen-bond donors (Lipinski definition) is 2. The van der Waals surface area contributed by atoms with Gasteiger partial charge < -0.3 is 19.9 Å². The topological polar surface area (TPSA) is 50.7 Å². The lowest BCUT2D eigenvalue weighted by Gasteiger charge is -2.30. The maximum absolute atomic E-state index is 9.98. The van der Waals surface area contributed by atoms with E-state index in [1.807, 2.05) is 24.3 Å². The number of rotatable bonds is 7. The Kier molecular flexibility index (Phi) is 6.02. The van der Waals surface area contributed by atoms with Crippen molar-refractivity contribution in [2.75, 3.05) is 19.8 Å². The third kappa shape index (κ3) is 4.94. The van der Waals surface area contributed by atoms with Crippen LogP contribution in [-0.2, 0) is 16.1 Å². The van der Waals surface area contributed by atoms with Crippen molar-refractivity contribution in [1.82, 2.24) is 5.32 Å². The molecule has 0 saturated carbocycles. The number of hydrogen-bond acceptors (Lipinski definition) is 4. The van der Waals surface area contributed by atoms with Crippen LogP contribution >= 0.6 is 11.6 Å².